The molecule has 0 aromatic heterocycles. The van der Waals surface area contributed by atoms with Crippen molar-refractivity contribution in [2.45, 2.75) is 64.1 Å². The molecular formula is C17H26O2. The second-order valence-corrected chi connectivity index (χ2v) is 6.61. The SMILES string of the molecule is CC(C)(C)c1ccc(C(O)CC2CCCCO2)cc1. The van der Waals surface area contributed by atoms with E-state index in [4.69, 9.17) is 4.74 Å². The van der Waals surface area contributed by atoms with E-state index in [1.165, 1.54) is 12.0 Å². The maximum atomic E-state index is 10.3. The van der Waals surface area contributed by atoms with Crippen LogP contribution in [0.1, 0.15) is 63.7 Å². The van der Waals surface area contributed by atoms with Crippen LogP contribution in [0, 0.1) is 0 Å². The highest BCUT2D eigenvalue weighted by Crippen LogP contribution is 2.27. The lowest BCUT2D eigenvalue weighted by Crippen LogP contribution is -2.21. The first-order valence-corrected chi connectivity index (χ1v) is 7.37. The first-order chi connectivity index (χ1) is 8.97. The Bertz CT molecular complexity index is 383. The fraction of sp³-hybridized carbons (Fsp3) is 0.647. The Labute approximate surface area is 116 Å². The van der Waals surface area contributed by atoms with Crippen LogP contribution in [-0.4, -0.2) is 17.8 Å². The highest BCUT2D eigenvalue weighted by Gasteiger charge is 2.20. The molecule has 1 aromatic rings. The van der Waals surface area contributed by atoms with Crippen molar-refractivity contribution in [1.29, 1.82) is 0 Å². The lowest BCUT2D eigenvalue weighted by molar-refractivity contribution is -0.0155. The first kappa shape index (κ1) is 14.5. The molecule has 0 bridgehead atoms. The van der Waals surface area contributed by atoms with Gasteiger partial charge in [-0.2, -0.15) is 0 Å². The predicted octanol–water partition coefficient (Wildman–Crippen LogP) is 3.98. The predicted molar refractivity (Wildman–Crippen MR) is 78.3 cm³/mol. The van der Waals surface area contributed by atoms with E-state index in [0.717, 1.165) is 31.4 Å². The maximum absolute atomic E-state index is 10.3. The molecule has 1 saturated heterocycles. The molecule has 1 aromatic carbocycles. The summed E-state index contributed by atoms with van der Waals surface area (Å²) in [5, 5.41) is 10.3. The van der Waals surface area contributed by atoms with Crippen LogP contribution in [0.2, 0.25) is 0 Å². The molecule has 1 heterocycles. The van der Waals surface area contributed by atoms with E-state index in [-0.39, 0.29) is 11.5 Å². The van der Waals surface area contributed by atoms with Crippen molar-refractivity contribution in [3.8, 4) is 0 Å². The van der Waals surface area contributed by atoms with Crippen molar-refractivity contribution < 1.29 is 9.84 Å². The summed E-state index contributed by atoms with van der Waals surface area (Å²) in [5.74, 6) is 0. The average Bonchev–Trinajstić information content (AvgIpc) is 2.39. The van der Waals surface area contributed by atoms with Crippen LogP contribution in [-0.2, 0) is 10.2 Å². The largest absolute Gasteiger partial charge is 0.388 e. The fourth-order valence-electron chi connectivity index (χ4n) is 2.58. The van der Waals surface area contributed by atoms with Crippen molar-refractivity contribution in [3.05, 3.63) is 35.4 Å². The third-order valence-electron chi connectivity index (χ3n) is 3.92. The van der Waals surface area contributed by atoms with Crippen molar-refractivity contribution in [1.82, 2.24) is 0 Å². The number of aliphatic hydroxyl groups excluding tert-OH is 1. The summed E-state index contributed by atoms with van der Waals surface area (Å²) in [7, 11) is 0. The Balaban J connectivity index is 1.97. The van der Waals surface area contributed by atoms with Gasteiger partial charge in [0.15, 0.2) is 0 Å². The van der Waals surface area contributed by atoms with E-state index < -0.39 is 6.10 Å². The zero-order valence-electron chi connectivity index (χ0n) is 12.4. The van der Waals surface area contributed by atoms with Gasteiger partial charge in [0.2, 0.25) is 0 Å². The number of aliphatic hydroxyl groups is 1. The van der Waals surface area contributed by atoms with Crippen LogP contribution >= 0.6 is 0 Å². The average molecular weight is 262 g/mol. The minimum atomic E-state index is -0.405. The molecule has 0 radical (unpaired) electrons. The van der Waals surface area contributed by atoms with E-state index in [1.807, 2.05) is 12.1 Å². The first-order valence-electron chi connectivity index (χ1n) is 7.37. The Hall–Kier alpha value is -0.860. The van der Waals surface area contributed by atoms with Gasteiger partial charge in [-0.25, -0.2) is 0 Å². The molecule has 0 aliphatic carbocycles. The van der Waals surface area contributed by atoms with Gasteiger partial charge >= 0.3 is 0 Å². The van der Waals surface area contributed by atoms with Gasteiger partial charge in [-0.15, -0.1) is 0 Å². The molecule has 2 heteroatoms. The minimum Gasteiger partial charge on any atom is -0.388 e. The summed E-state index contributed by atoms with van der Waals surface area (Å²) in [5.41, 5.74) is 2.47. The normalized spacial score (nSPS) is 22.2. The molecule has 1 fully saturated rings. The van der Waals surface area contributed by atoms with Crippen LogP contribution in [0.4, 0.5) is 0 Å². The Kier molecular flexibility index (Phi) is 4.64. The van der Waals surface area contributed by atoms with Gasteiger partial charge in [-0.05, 0) is 35.8 Å². The molecule has 2 nitrogen and oxygen atoms in total. The van der Waals surface area contributed by atoms with Gasteiger partial charge < -0.3 is 9.84 Å². The summed E-state index contributed by atoms with van der Waals surface area (Å²) >= 11 is 0. The van der Waals surface area contributed by atoms with Crippen LogP contribution in [0.5, 0.6) is 0 Å². The molecule has 0 amide bonds. The molecule has 1 aliphatic heterocycles. The molecular weight excluding hydrogens is 236 g/mol. The Morgan fingerprint density at radius 1 is 1.21 bits per heavy atom. The summed E-state index contributed by atoms with van der Waals surface area (Å²) in [4.78, 5) is 0. The van der Waals surface area contributed by atoms with Crippen LogP contribution in [0.3, 0.4) is 0 Å². The topological polar surface area (TPSA) is 29.5 Å². The van der Waals surface area contributed by atoms with Crippen molar-refractivity contribution >= 4 is 0 Å². The molecule has 2 atom stereocenters. The second-order valence-electron chi connectivity index (χ2n) is 6.61. The number of ether oxygens (including phenoxy) is 1. The summed E-state index contributed by atoms with van der Waals surface area (Å²) < 4.78 is 5.69. The third kappa shape index (κ3) is 4.05. The summed E-state index contributed by atoms with van der Waals surface area (Å²) in [6, 6.07) is 8.35. The third-order valence-corrected chi connectivity index (χ3v) is 3.92. The van der Waals surface area contributed by atoms with Crippen LogP contribution < -0.4 is 0 Å². The second kappa shape index (κ2) is 6.06. The molecule has 1 N–H and O–H groups in total. The smallest absolute Gasteiger partial charge is 0.0814 e. The van der Waals surface area contributed by atoms with Gasteiger partial charge in [0.25, 0.3) is 0 Å². The minimum absolute atomic E-state index is 0.163. The summed E-state index contributed by atoms with van der Waals surface area (Å²) in [6.45, 7) is 7.46. The van der Waals surface area contributed by atoms with E-state index >= 15 is 0 Å². The number of hydrogen-bond acceptors (Lipinski definition) is 2. The lowest BCUT2D eigenvalue weighted by Gasteiger charge is -2.25. The van der Waals surface area contributed by atoms with E-state index in [2.05, 4.69) is 32.9 Å². The molecule has 0 saturated carbocycles. The molecule has 19 heavy (non-hydrogen) atoms. The molecule has 2 unspecified atom stereocenters. The van der Waals surface area contributed by atoms with E-state index in [0.29, 0.717) is 0 Å². The van der Waals surface area contributed by atoms with Crippen molar-refractivity contribution in [2.24, 2.45) is 0 Å². The Morgan fingerprint density at radius 2 is 1.89 bits per heavy atom. The van der Waals surface area contributed by atoms with Crippen molar-refractivity contribution in [3.63, 3.8) is 0 Å². The highest BCUT2D eigenvalue weighted by molar-refractivity contribution is 5.28. The van der Waals surface area contributed by atoms with Crippen LogP contribution in [0.25, 0.3) is 0 Å². The monoisotopic (exact) mass is 262 g/mol. The van der Waals surface area contributed by atoms with E-state index in [1.54, 1.807) is 0 Å². The Morgan fingerprint density at radius 3 is 2.42 bits per heavy atom. The number of benzene rings is 1. The summed E-state index contributed by atoms with van der Waals surface area (Å²) in [6.07, 6.45) is 4.00. The molecule has 0 spiro atoms. The zero-order valence-corrected chi connectivity index (χ0v) is 12.4. The molecule has 106 valence electrons. The van der Waals surface area contributed by atoms with Gasteiger partial charge in [-0.3, -0.25) is 0 Å². The van der Waals surface area contributed by atoms with Gasteiger partial charge in [-0.1, -0.05) is 45.0 Å². The van der Waals surface area contributed by atoms with Gasteiger partial charge in [0.05, 0.1) is 12.2 Å². The number of rotatable bonds is 3. The van der Waals surface area contributed by atoms with Gasteiger partial charge in [0.1, 0.15) is 0 Å². The highest BCUT2D eigenvalue weighted by atomic mass is 16.5. The van der Waals surface area contributed by atoms with E-state index in [9.17, 15) is 5.11 Å². The van der Waals surface area contributed by atoms with Gasteiger partial charge in [0, 0.05) is 13.0 Å². The lowest BCUT2D eigenvalue weighted by atomic mass is 9.86. The standard InChI is InChI=1S/C17H26O2/c1-17(2,3)14-9-7-13(8-10-14)16(18)12-15-6-4-5-11-19-15/h7-10,15-16,18H,4-6,11-12H2,1-3H3. The maximum Gasteiger partial charge on any atom is 0.0814 e. The van der Waals surface area contributed by atoms with Crippen LogP contribution in [0.15, 0.2) is 24.3 Å². The quantitative estimate of drug-likeness (QED) is 0.893. The fourth-order valence-corrected chi connectivity index (χ4v) is 2.58. The van der Waals surface area contributed by atoms with Crippen molar-refractivity contribution in [2.75, 3.05) is 6.61 Å². The molecule has 2 rings (SSSR count). The molecule has 1 aliphatic rings. The zero-order chi connectivity index (χ0) is 13.9. The number of hydrogen-bond donors (Lipinski definition) is 1.